The maximum absolute atomic E-state index is 12.7. The molecule has 0 radical (unpaired) electrons. The zero-order valence-electron chi connectivity index (χ0n) is 17.1. The fourth-order valence-electron chi connectivity index (χ4n) is 3.70. The van der Waals surface area contributed by atoms with Crippen molar-refractivity contribution in [3.05, 3.63) is 78.8 Å². The highest BCUT2D eigenvalue weighted by Crippen LogP contribution is 2.27. The summed E-state index contributed by atoms with van der Waals surface area (Å²) in [6, 6.07) is 17.6. The lowest BCUT2D eigenvalue weighted by atomic mass is 10.1. The number of rotatable bonds is 7. The Labute approximate surface area is 175 Å². The average molecular weight is 400 g/mol. The minimum absolute atomic E-state index is 0.0214. The lowest BCUT2D eigenvalue weighted by Gasteiger charge is -2.17. The van der Waals surface area contributed by atoms with E-state index >= 15 is 0 Å². The number of nitrogens with zero attached hydrogens (tertiary/aromatic N) is 3. The van der Waals surface area contributed by atoms with Gasteiger partial charge < -0.3 is 14.6 Å². The Bertz CT molecular complexity index is 1150. The van der Waals surface area contributed by atoms with Crippen LogP contribution in [0.2, 0.25) is 0 Å². The molecule has 0 unspecified atom stereocenters. The van der Waals surface area contributed by atoms with Crippen LogP contribution in [0.25, 0.3) is 22.3 Å². The van der Waals surface area contributed by atoms with Gasteiger partial charge in [0.1, 0.15) is 11.4 Å². The number of aromatic nitrogens is 3. The first-order valence-corrected chi connectivity index (χ1v) is 9.94. The molecule has 0 spiro atoms. The topological polar surface area (TPSA) is 69.0 Å². The number of fused-ring (bicyclic) bond motifs is 1. The molecular weight excluding hydrogens is 376 g/mol. The van der Waals surface area contributed by atoms with E-state index in [2.05, 4.69) is 25.9 Å². The van der Waals surface area contributed by atoms with Crippen LogP contribution in [0.3, 0.4) is 0 Å². The molecule has 3 heterocycles. The number of ether oxygens (including phenoxy) is 1. The van der Waals surface area contributed by atoms with Crippen LogP contribution in [0.4, 0.5) is 0 Å². The van der Waals surface area contributed by atoms with Gasteiger partial charge in [-0.15, -0.1) is 0 Å². The highest BCUT2D eigenvalue weighted by molar-refractivity contribution is 5.84. The number of benzene rings is 1. The largest absolute Gasteiger partial charge is 0.496 e. The van der Waals surface area contributed by atoms with E-state index in [1.807, 2.05) is 55.5 Å². The number of nitrogens with one attached hydrogen (secondary N) is 1. The summed E-state index contributed by atoms with van der Waals surface area (Å²) in [6.45, 7) is 2.49. The second-order valence-corrected chi connectivity index (χ2v) is 7.11. The normalized spacial score (nSPS) is 11.9. The van der Waals surface area contributed by atoms with E-state index in [4.69, 9.17) is 4.74 Å². The fraction of sp³-hybridized carbons (Fsp3) is 0.208. The van der Waals surface area contributed by atoms with Gasteiger partial charge in [-0.1, -0.05) is 18.2 Å². The quantitative estimate of drug-likeness (QED) is 0.500. The first-order valence-electron chi connectivity index (χ1n) is 9.94. The first kappa shape index (κ1) is 19.6. The SMILES string of the molecule is COc1ccccc1[C@H](C)NC(=O)CCn1c(-c2ccncc2)cc2cccnc21. The van der Waals surface area contributed by atoms with Crippen LogP contribution < -0.4 is 10.1 Å². The van der Waals surface area contributed by atoms with E-state index < -0.39 is 0 Å². The summed E-state index contributed by atoms with van der Waals surface area (Å²) in [5.74, 6) is 0.748. The molecule has 152 valence electrons. The van der Waals surface area contributed by atoms with Gasteiger partial charge in [-0.25, -0.2) is 4.98 Å². The van der Waals surface area contributed by atoms with E-state index in [9.17, 15) is 4.79 Å². The van der Waals surface area contributed by atoms with E-state index in [1.165, 1.54) is 0 Å². The second kappa shape index (κ2) is 8.78. The van der Waals surface area contributed by atoms with Gasteiger partial charge >= 0.3 is 0 Å². The van der Waals surface area contributed by atoms with Crippen molar-refractivity contribution < 1.29 is 9.53 Å². The fourth-order valence-corrected chi connectivity index (χ4v) is 3.70. The Hall–Kier alpha value is -3.67. The molecule has 1 N–H and O–H groups in total. The molecule has 0 fully saturated rings. The molecule has 0 aliphatic rings. The highest BCUT2D eigenvalue weighted by atomic mass is 16.5. The smallest absolute Gasteiger partial charge is 0.222 e. The minimum atomic E-state index is -0.146. The van der Waals surface area contributed by atoms with Gasteiger partial charge in [0.05, 0.1) is 18.8 Å². The van der Waals surface area contributed by atoms with Crippen LogP contribution in [0.15, 0.2) is 73.2 Å². The Morgan fingerprint density at radius 3 is 2.70 bits per heavy atom. The Morgan fingerprint density at radius 2 is 1.90 bits per heavy atom. The minimum Gasteiger partial charge on any atom is -0.496 e. The predicted octanol–water partition coefficient (Wildman–Crippen LogP) is 4.37. The molecule has 4 aromatic rings. The van der Waals surface area contributed by atoms with Crippen LogP contribution in [0.5, 0.6) is 5.75 Å². The summed E-state index contributed by atoms with van der Waals surface area (Å²) in [5, 5.41) is 4.13. The van der Waals surface area contributed by atoms with Crippen LogP contribution in [-0.4, -0.2) is 27.6 Å². The molecule has 1 atom stereocenters. The Morgan fingerprint density at radius 1 is 1.10 bits per heavy atom. The monoisotopic (exact) mass is 400 g/mol. The predicted molar refractivity (Wildman–Crippen MR) is 117 cm³/mol. The van der Waals surface area contributed by atoms with Crippen molar-refractivity contribution >= 4 is 16.9 Å². The lowest BCUT2D eigenvalue weighted by Crippen LogP contribution is -2.27. The molecule has 1 amide bonds. The zero-order valence-corrected chi connectivity index (χ0v) is 17.1. The van der Waals surface area contributed by atoms with Crippen LogP contribution in [0, 0.1) is 0 Å². The maximum atomic E-state index is 12.7. The van der Waals surface area contributed by atoms with Crippen LogP contribution in [0.1, 0.15) is 24.9 Å². The number of methoxy groups -OCH3 is 1. The van der Waals surface area contributed by atoms with Crippen molar-refractivity contribution in [2.24, 2.45) is 0 Å². The van der Waals surface area contributed by atoms with E-state index in [-0.39, 0.29) is 11.9 Å². The number of amides is 1. The van der Waals surface area contributed by atoms with Crippen molar-refractivity contribution in [2.75, 3.05) is 7.11 Å². The second-order valence-electron chi connectivity index (χ2n) is 7.11. The zero-order chi connectivity index (χ0) is 20.9. The summed E-state index contributed by atoms with van der Waals surface area (Å²) < 4.78 is 7.51. The van der Waals surface area contributed by atoms with Gasteiger partial charge in [0.15, 0.2) is 0 Å². The number of carbonyl (C=O) groups excluding carboxylic acids is 1. The van der Waals surface area contributed by atoms with Crippen molar-refractivity contribution in [1.82, 2.24) is 19.9 Å². The third-order valence-corrected chi connectivity index (χ3v) is 5.18. The van der Waals surface area contributed by atoms with Gasteiger partial charge in [-0.05, 0) is 43.3 Å². The molecule has 6 heteroatoms. The third kappa shape index (κ3) is 4.03. The molecule has 0 aliphatic heterocycles. The molecule has 0 bridgehead atoms. The summed E-state index contributed by atoms with van der Waals surface area (Å²) in [4.78, 5) is 21.4. The molecule has 30 heavy (non-hydrogen) atoms. The molecular formula is C24H24N4O2. The summed E-state index contributed by atoms with van der Waals surface area (Å²) in [5.41, 5.74) is 3.90. The Balaban J connectivity index is 1.53. The number of hydrogen-bond donors (Lipinski definition) is 1. The third-order valence-electron chi connectivity index (χ3n) is 5.18. The van der Waals surface area contributed by atoms with Gasteiger partial charge in [0.25, 0.3) is 0 Å². The molecule has 6 nitrogen and oxygen atoms in total. The van der Waals surface area contributed by atoms with Crippen molar-refractivity contribution in [3.8, 4) is 17.0 Å². The molecule has 0 saturated heterocycles. The molecule has 1 aromatic carbocycles. The molecule has 0 saturated carbocycles. The molecule has 3 aromatic heterocycles. The number of hydrogen-bond acceptors (Lipinski definition) is 4. The van der Waals surface area contributed by atoms with Gasteiger partial charge in [-0.3, -0.25) is 9.78 Å². The standard InChI is InChI=1S/C24H24N4O2/c1-17(20-7-3-4-8-22(20)30-2)27-23(29)11-15-28-21(18-9-13-25-14-10-18)16-19-6-5-12-26-24(19)28/h3-10,12-14,16-17H,11,15H2,1-2H3,(H,27,29)/t17-/m0/s1. The van der Waals surface area contributed by atoms with Gasteiger partial charge in [0, 0.05) is 48.1 Å². The van der Waals surface area contributed by atoms with E-state index in [1.54, 1.807) is 25.7 Å². The van der Waals surface area contributed by atoms with Gasteiger partial charge in [-0.2, -0.15) is 0 Å². The van der Waals surface area contributed by atoms with Crippen molar-refractivity contribution in [3.63, 3.8) is 0 Å². The van der Waals surface area contributed by atoms with E-state index in [0.717, 1.165) is 33.6 Å². The first-order chi connectivity index (χ1) is 14.7. The van der Waals surface area contributed by atoms with Crippen molar-refractivity contribution in [2.45, 2.75) is 25.9 Å². The highest BCUT2D eigenvalue weighted by Gasteiger charge is 2.16. The molecule has 4 rings (SSSR count). The summed E-state index contributed by atoms with van der Waals surface area (Å²) in [7, 11) is 1.64. The van der Waals surface area contributed by atoms with E-state index in [0.29, 0.717) is 13.0 Å². The van der Waals surface area contributed by atoms with Crippen LogP contribution >= 0.6 is 0 Å². The van der Waals surface area contributed by atoms with Crippen molar-refractivity contribution in [1.29, 1.82) is 0 Å². The number of pyridine rings is 2. The Kier molecular flexibility index (Phi) is 5.75. The summed E-state index contributed by atoms with van der Waals surface area (Å²) >= 11 is 0. The number of para-hydroxylation sites is 1. The maximum Gasteiger partial charge on any atom is 0.222 e. The summed E-state index contributed by atoms with van der Waals surface area (Å²) in [6.07, 6.45) is 5.66. The number of carbonyl (C=O) groups is 1. The lowest BCUT2D eigenvalue weighted by molar-refractivity contribution is -0.121. The van der Waals surface area contributed by atoms with Gasteiger partial charge in [0.2, 0.25) is 5.91 Å². The number of aryl methyl sites for hydroxylation is 1. The average Bonchev–Trinajstić information content (AvgIpc) is 3.17. The van der Waals surface area contributed by atoms with Crippen LogP contribution in [-0.2, 0) is 11.3 Å². The molecule has 0 aliphatic carbocycles.